The average molecular weight is 408 g/mol. The third kappa shape index (κ3) is 7.30. The van der Waals surface area contributed by atoms with Crippen LogP contribution in [0.25, 0.3) is 0 Å². The van der Waals surface area contributed by atoms with Crippen LogP contribution in [-0.4, -0.2) is 36.3 Å². The number of benzene rings is 2. The molecule has 0 aromatic heterocycles. The zero-order valence-corrected chi connectivity index (χ0v) is 18.1. The van der Waals surface area contributed by atoms with Crippen molar-refractivity contribution in [3.8, 4) is 0 Å². The highest BCUT2D eigenvalue weighted by atomic mass is 16.2. The smallest absolute Gasteiger partial charge is 0.238 e. The van der Waals surface area contributed by atoms with Crippen molar-refractivity contribution in [1.82, 2.24) is 4.90 Å². The van der Waals surface area contributed by atoms with Crippen LogP contribution in [0.5, 0.6) is 0 Å². The molecule has 30 heavy (non-hydrogen) atoms. The van der Waals surface area contributed by atoms with Crippen LogP contribution >= 0.6 is 0 Å². The van der Waals surface area contributed by atoms with Gasteiger partial charge >= 0.3 is 0 Å². The second-order valence-corrected chi connectivity index (χ2v) is 8.50. The third-order valence-electron chi connectivity index (χ3n) is 5.65. The third-order valence-corrected chi connectivity index (χ3v) is 5.65. The van der Waals surface area contributed by atoms with Crippen LogP contribution in [0.15, 0.2) is 48.5 Å². The van der Waals surface area contributed by atoms with Gasteiger partial charge in [-0.25, -0.2) is 0 Å². The summed E-state index contributed by atoms with van der Waals surface area (Å²) in [4.78, 5) is 27.3. The summed E-state index contributed by atoms with van der Waals surface area (Å²) in [5.41, 5.74) is 3.87. The first-order valence-electron chi connectivity index (χ1n) is 10.9. The molecule has 1 fully saturated rings. The van der Waals surface area contributed by atoms with Gasteiger partial charge in [0.1, 0.15) is 0 Å². The fraction of sp³-hybridized carbons (Fsp3) is 0.440. The number of aryl methyl sites for hydroxylation is 2. The number of hydrogen-bond acceptors (Lipinski definition) is 3. The van der Waals surface area contributed by atoms with E-state index in [0.717, 1.165) is 29.0 Å². The van der Waals surface area contributed by atoms with Crippen LogP contribution in [0.4, 0.5) is 11.4 Å². The van der Waals surface area contributed by atoms with Crippen molar-refractivity contribution in [1.29, 1.82) is 0 Å². The first kappa shape index (κ1) is 22.0. The van der Waals surface area contributed by atoms with Crippen molar-refractivity contribution in [2.75, 3.05) is 30.3 Å². The standard InChI is InChI=1S/C25H33N3O2/c1-19-8-12-22(13-9-19)26-24(29)17-28(16-21-6-4-3-5-7-21)18-25(30)27-23-14-10-20(2)11-15-23/h8-15,21H,3-7,16-18H2,1-2H3,(H,26,29)(H,27,30). The van der Waals surface area contributed by atoms with E-state index in [-0.39, 0.29) is 24.9 Å². The molecule has 0 atom stereocenters. The van der Waals surface area contributed by atoms with E-state index in [0.29, 0.717) is 5.92 Å². The Morgan fingerprint density at radius 2 is 1.20 bits per heavy atom. The predicted octanol–water partition coefficient (Wildman–Crippen LogP) is 4.76. The van der Waals surface area contributed by atoms with Crippen LogP contribution in [0.2, 0.25) is 0 Å². The number of nitrogens with zero attached hydrogens (tertiary/aromatic N) is 1. The van der Waals surface area contributed by atoms with E-state index in [4.69, 9.17) is 0 Å². The fourth-order valence-corrected chi connectivity index (χ4v) is 4.00. The maximum atomic E-state index is 12.6. The number of carbonyl (C=O) groups is 2. The summed E-state index contributed by atoms with van der Waals surface area (Å²) in [6, 6.07) is 15.5. The van der Waals surface area contributed by atoms with Gasteiger partial charge in [-0.15, -0.1) is 0 Å². The molecule has 2 aromatic carbocycles. The quantitative estimate of drug-likeness (QED) is 0.663. The van der Waals surface area contributed by atoms with Crippen LogP contribution in [0.1, 0.15) is 43.2 Å². The number of carbonyl (C=O) groups excluding carboxylic acids is 2. The lowest BCUT2D eigenvalue weighted by molar-refractivity contribution is -0.120. The van der Waals surface area contributed by atoms with Crippen molar-refractivity contribution in [2.45, 2.75) is 46.0 Å². The Balaban J connectivity index is 1.59. The van der Waals surface area contributed by atoms with Gasteiger partial charge in [0.15, 0.2) is 0 Å². The molecule has 2 N–H and O–H groups in total. The predicted molar refractivity (Wildman–Crippen MR) is 123 cm³/mol. The molecule has 160 valence electrons. The molecule has 1 aliphatic carbocycles. The molecule has 0 radical (unpaired) electrons. The van der Waals surface area contributed by atoms with E-state index in [2.05, 4.69) is 10.6 Å². The van der Waals surface area contributed by atoms with E-state index >= 15 is 0 Å². The number of rotatable bonds is 8. The fourth-order valence-electron chi connectivity index (χ4n) is 4.00. The second kappa shape index (κ2) is 10.9. The molecule has 1 aliphatic rings. The lowest BCUT2D eigenvalue weighted by Crippen LogP contribution is -2.41. The van der Waals surface area contributed by atoms with Crippen molar-refractivity contribution in [3.05, 3.63) is 59.7 Å². The molecular formula is C25H33N3O2. The lowest BCUT2D eigenvalue weighted by atomic mass is 9.89. The van der Waals surface area contributed by atoms with Gasteiger partial charge in [-0.05, 0) is 56.9 Å². The SMILES string of the molecule is Cc1ccc(NC(=O)CN(CC(=O)Nc2ccc(C)cc2)CC2CCCCC2)cc1. The zero-order chi connectivity index (χ0) is 21.3. The molecule has 0 heterocycles. The summed E-state index contributed by atoms with van der Waals surface area (Å²) in [5, 5.41) is 5.91. The van der Waals surface area contributed by atoms with Crippen molar-refractivity contribution >= 4 is 23.2 Å². The Morgan fingerprint density at radius 1 is 0.767 bits per heavy atom. The summed E-state index contributed by atoms with van der Waals surface area (Å²) >= 11 is 0. The summed E-state index contributed by atoms with van der Waals surface area (Å²) in [6.07, 6.45) is 6.12. The highest BCUT2D eigenvalue weighted by Gasteiger charge is 2.21. The Bertz CT molecular complexity index is 763. The van der Waals surface area contributed by atoms with Gasteiger partial charge in [-0.3, -0.25) is 14.5 Å². The molecule has 5 heteroatoms. The number of amides is 2. The Morgan fingerprint density at radius 3 is 1.63 bits per heavy atom. The van der Waals surface area contributed by atoms with Crippen LogP contribution < -0.4 is 10.6 Å². The topological polar surface area (TPSA) is 61.4 Å². The minimum atomic E-state index is -0.0854. The Labute approximate surface area is 179 Å². The van der Waals surface area contributed by atoms with E-state index in [1.807, 2.05) is 67.3 Å². The zero-order valence-electron chi connectivity index (χ0n) is 18.1. The highest BCUT2D eigenvalue weighted by Crippen LogP contribution is 2.24. The number of nitrogens with one attached hydrogen (secondary N) is 2. The molecule has 0 spiro atoms. The summed E-state index contributed by atoms with van der Waals surface area (Å²) in [5.74, 6) is 0.383. The van der Waals surface area contributed by atoms with Crippen molar-refractivity contribution in [2.24, 2.45) is 5.92 Å². The first-order chi connectivity index (χ1) is 14.5. The monoisotopic (exact) mass is 407 g/mol. The molecule has 0 bridgehead atoms. The number of hydrogen-bond donors (Lipinski definition) is 2. The van der Waals surface area contributed by atoms with E-state index in [1.54, 1.807) is 0 Å². The Kier molecular flexibility index (Phi) is 8.03. The van der Waals surface area contributed by atoms with Crippen LogP contribution in [0.3, 0.4) is 0 Å². The van der Waals surface area contributed by atoms with Gasteiger partial charge in [0, 0.05) is 17.9 Å². The van der Waals surface area contributed by atoms with Gasteiger partial charge in [0.25, 0.3) is 0 Å². The minimum Gasteiger partial charge on any atom is -0.325 e. The largest absolute Gasteiger partial charge is 0.325 e. The van der Waals surface area contributed by atoms with Gasteiger partial charge < -0.3 is 10.6 Å². The summed E-state index contributed by atoms with van der Waals surface area (Å²) in [6.45, 7) is 5.24. The Hall–Kier alpha value is -2.66. The van der Waals surface area contributed by atoms with Crippen molar-refractivity contribution < 1.29 is 9.59 Å². The molecule has 0 saturated heterocycles. The first-order valence-corrected chi connectivity index (χ1v) is 10.9. The summed E-state index contributed by atoms with van der Waals surface area (Å²) in [7, 11) is 0. The van der Waals surface area contributed by atoms with Gasteiger partial charge in [-0.2, -0.15) is 0 Å². The molecule has 5 nitrogen and oxygen atoms in total. The maximum Gasteiger partial charge on any atom is 0.238 e. The van der Waals surface area contributed by atoms with Crippen molar-refractivity contribution in [3.63, 3.8) is 0 Å². The minimum absolute atomic E-state index is 0.0854. The lowest BCUT2D eigenvalue weighted by Gasteiger charge is -2.29. The summed E-state index contributed by atoms with van der Waals surface area (Å²) < 4.78 is 0. The van der Waals surface area contributed by atoms with Crippen LogP contribution in [-0.2, 0) is 9.59 Å². The average Bonchev–Trinajstić information content (AvgIpc) is 2.72. The number of anilines is 2. The molecule has 2 aromatic rings. The molecular weight excluding hydrogens is 374 g/mol. The van der Waals surface area contributed by atoms with E-state index in [9.17, 15) is 9.59 Å². The maximum absolute atomic E-state index is 12.6. The van der Waals surface area contributed by atoms with Crippen LogP contribution in [0, 0.1) is 19.8 Å². The van der Waals surface area contributed by atoms with Gasteiger partial charge in [0.2, 0.25) is 11.8 Å². The highest BCUT2D eigenvalue weighted by molar-refractivity contribution is 5.94. The molecule has 2 amide bonds. The van der Waals surface area contributed by atoms with E-state index in [1.165, 1.54) is 32.1 Å². The van der Waals surface area contributed by atoms with E-state index < -0.39 is 0 Å². The molecule has 3 rings (SSSR count). The molecule has 1 saturated carbocycles. The second-order valence-electron chi connectivity index (χ2n) is 8.50. The van der Waals surface area contributed by atoms with Gasteiger partial charge in [-0.1, -0.05) is 54.7 Å². The normalized spacial score (nSPS) is 14.5. The molecule has 0 unspecified atom stereocenters. The van der Waals surface area contributed by atoms with Gasteiger partial charge in [0.05, 0.1) is 13.1 Å². The molecule has 0 aliphatic heterocycles.